The predicted molar refractivity (Wildman–Crippen MR) is 114 cm³/mol. The van der Waals surface area contributed by atoms with Crippen LogP contribution in [0.1, 0.15) is 112 Å². The zero-order valence-corrected chi connectivity index (χ0v) is 18.4. The van der Waals surface area contributed by atoms with Gasteiger partial charge in [0.1, 0.15) is 0 Å². The minimum absolute atomic E-state index is 0.260. The fourth-order valence-electron chi connectivity index (χ4n) is 3.56. The average Bonchev–Trinajstić information content (AvgIpc) is 2.62. The summed E-state index contributed by atoms with van der Waals surface area (Å²) < 4.78 is 5.19. The Morgan fingerprint density at radius 1 is 0.808 bits per heavy atom. The van der Waals surface area contributed by atoms with E-state index in [2.05, 4.69) is 34.3 Å². The van der Waals surface area contributed by atoms with Gasteiger partial charge in [-0.3, -0.25) is 0 Å². The third-order valence-corrected chi connectivity index (χ3v) is 5.94. The van der Waals surface area contributed by atoms with Gasteiger partial charge in [-0.1, -0.05) is 98.5 Å². The molecular weight excluding hydrogens is 320 g/mol. The van der Waals surface area contributed by atoms with Crippen LogP contribution in [0.4, 0.5) is 0 Å². The van der Waals surface area contributed by atoms with Crippen LogP contribution in [-0.2, 0) is 9.53 Å². The molecule has 0 N–H and O–H groups in total. The summed E-state index contributed by atoms with van der Waals surface area (Å²) in [6.45, 7) is 15.3. The van der Waals surface area contributed by atoms with Crippen molar-refractivity contribution in [1.29, 1.82) is 0 Å². The molecule has 0 aromatic carbocycles. The zero-order valence-electron chi connectivity index (χ0n) is 18.4. The van der Waals surface area contributed by atoms with Gasteiger partial charge in [-0.05, 0) is 37.5 Å². The van der Waals surface area contributed by atoms with Crippen molar-refractivity contribution >= 4 is 5.97 Å². The van der Waals surface area contributed by atoms with Gasteiger partial charge in [-0.15, -0.1) is 0 Å². The molecule has 3 unspecified atom stereocenters. The maximum absolute atomic E-state index is 11.4. The van der Waals surface area contributed by atoms with Gasteiger partial charge in [0, 0.05) is 5.57 Å². The van der Waals surface area contributed by atoms with Crippen molar-refractivity contribution < 1.29 is 9.53 Å². The largest absolute Gasteiger partial charge is 0.462 e. The lowest BCUT2D eigenvalue weighted by molar-refractivity contribution is -0.139. The fraction of sp³-hybridized carbons (Fsp3) is 0.875. The molecule has 0 aromatic rings. The molecule has 0 aliphatic carbocycles. The monoisotopic (exact) mass is 366 g/mol. The fourth-order valence-corrected chi connectivity index (χ4v) is 3.56. The maximum Gasteiger partial charge on any atom is 0.333 e. The van der Waals surface area contributed by atoms with Crippen LogP contribution in [0.3, 0.4) is 0 Å². The molecule has 0 saturated carbocycles. The summed E-state index contributed by atoms with van der Waals surface area (Å²) in [5.41, 5.74) is 0.487. The Balaban J connectivity index is 3.66. The lowest BCUT2D eigenvalue weighted by Gasteiger charge is -2.26. The highest BCUT2D eigenvalue weighted by Gasteiger charge is 2.18. The number of unbranched alkanes of at least 4 members (excludes halogenated alkanes) is 8. The van der Waals surface area contributed by atoms with Crippen LogP contribution in [0.5, 0.6) is 0 Å². The second-order valence-electron chi connectivity index (χ2n) is 8.49. The summed E-state index contributed by atoms with van der Waals surface area (Å²) in [4.78, 5) is 11.4. The van der Waals surface area contributed by atoms with Crippen molar-refractivity contribution in [2.24, 2.45) is 17.8 Å². The summed E-state index contributed by atoms with van der Waals surface area (Å²) >= 11 is 0. The van der Waals surface area contributed by atoms with Crippen LogP contribution < -0.4 is 0 Å². The Bertz CT molecular complexity index is 361. The third kappa shape index (κ3) is 13.4. The van der Waals surface area contributed by atoms with E-state index in [9.17, 15) is 4.79 Å². The van der Waals surface area contributed by atoms with Crippen molar-refractivity contribution in [2.75, 3.05) is 6.61 Å². The average molecular weight is 367 g/mol. The molecule has 0 radical (unpaired) electrons. The molecule has 0 spiro atoms. The van der Waals surface area contributed by atoms with Crippen molar-refractivity contribution in [3.8, 4) is 0 Å². The Hall–Kier alpha value is -0.790. The number of carbonyl (C=O) groups is 1. The van der Waals surface area contributed by atoms with Gasteiger partial charge < -0.3 is 4.74 Å². The molecular formula is C24H46O2. The van der Waals surface area contributed by atoms with Gasteiger partial charge in [-0.2, -0.15) is 0 Å². The molecule has 0 aliphatic heterocycles. The van der Waals surface area contributed by atoms with Gasteiger partial charge in [0.2, 0.25) is 0 Å². The first-order valence-electron chi connectivity index (χ1n) is 11.2. The van der Waals surface area contributed by atoms with E-state index in [1.165, 1.54) is 64.2 Å². The molecule has 3 atom stereocenters. The van der Waals surface area contributed by atoms with E-state index in [4.69, 9.17) is 4.74 Å². The molecule has 0 heterocycles. The molecule has 2 heteroatoms. The Labute approximate surface area is 164 Å². The van der Waals surface area contributed by atoms with Crippen LogP contribution in [0.25, 0.3) is 0 Å². The van der Waals surface area contributed by atoms with E-state index in [-0.39, 0.29) is 5.97 Å². The molecule has 26 heavy (non-hydrogen) atoms. The summed E-state index contributed by atoms with van der Waals surface area (Å²) in [6.07, 6.45) is 16.1. The van der Waals surface area contributed by atoms with E-state index in [0.717, 1.165) is 24.7 Å². The molecule has 2 nitrogen and oxygen atoms in total. The molecule has 0 rings (SSSR count). The van der Waals surface area contributed by atoms with E-state index >= 15 is 0 Å². The second-order valence-corrected chi connectivity index (χ2v) is 8.49. The Kier molecular flexibility index (Phi) is 15.9. The van der Waals surface area contributed by atoms with E-state index < -0.39 is 0 Å². The normalized spacial score (nSPS) is 14.7. The van der Waals surface area contributed by atoms with Gasteiger partial charge in [-0.25, -0.2) is 4.79 Å². The lowest BCUT2D eigenvalue weighted by Crippen LogP contribution is -2.17. The minimum Gasteiger partial charge on any atom is -0.462 e. The first kappa shape index (κ1) is 25.2. The van der Waals surface area contributed by atoms with Gasteiger partial charge in [0.25, 0.3) is 0 Å². The van der Waals surface area contributed by atoms with Crippen molar-refractivity contribution in [3.05, 3.63) is 12.2 Å². The highest BCUT2D eigenvalue weighted by atomic mass is 16.5. The number of hydrogen-bond acceptors (Lipinski definition) is 2. The maximum atomic E-state index is 11.4. The molecule has 154 valence electrons. The highest BCUT2D eigenvalue weighted by molar-refractivity contribution is 5.86. The zero-order chi connectivity index (χ0) is 19.8. The van der Waals surface area contributed by atoms with Crippen molar-refractivity contribution in [2.45, 2.75) is 112 Å². The van der Waals surface area contributed by atoms with Gasteiger partial charge >= 0.3 is 5.97 Å². The molecule has 0 bridgehead atoms. The number of carbonyl (C=O) groups excluding carboxylic acids is 1. The third-order valence-electron chi connectivity index (χ3n) is 5.94. The van der Waals surface area contributed by atoms with E-state index in [0.29, 0.717) is 18.1 Å². The van der Waals surface area contributed by atoms with Crippen LogP contribution in [0.15, 0.2) is 12.2 Å². The first-order valence-corrected chi connectivity index (χ1v) is 11.2. The summed E-state index contributed by atoms with van der Waals surface area (Å²) in [7, 11) is 0. The van der Waals surface area contributed by atoms with Gasteiger partial charge in [0.05, 0.1) is 6.61 Å². The van der Waals surface area contributed by atoms with Crippen molar-refractivity contribution in [1.82, 2.24) is 0 Å². The molecule has 0 amide bonds. The standard InChI is InChI=1S/C24H46O2/c1-7-8-9-10-11-12-13-14-15-17-21(4)23(6)22(5)18-16-19-26-24(25)20(2)3/h21-23H,2,7-19H2,1,3-6H3. The summed E-state index contributed by atoms with van der Waals surface area (Å²) in [5, 5.41) is 0. The smallest absolute Gasteiger partial charge is 0.333 e. The summed E-state index contributed by atoms with van der Waals surface area (Å²) in [5.74, 6) is 1.95. The lowest BCUT2D eigenvalue weighted by atomic mass is 9.80. The Morgan fingerprint density at radius 2 is 1.27 bits per heavy atom. The minimum atomic E-state index is -0.260. The molecule has 0 fully saturated rings. The summed E-state index contributed by atoms with van der Waals surface area (Å²) in [6, 6.07) is 0. The van der Waals surface area contributed by atoms with Crippen LogP contribution in [0.2, 0.25) is 0 Å². The number of esters is 1. The second kappa shape index (κ2) is 16.4. The first-order chi connectivity index (χ1) is 12.4. The molecule has 0 aliphatic rings. The highest BCUT2D eigenvalue weighted by Crippen LogP contribution is 2.28. The SMILES string of the molecule is C=C(C)C(=O)OCCCC(C)C(C)C(C)CCCCCCCCCCC. The van der Waals surface area contributed by atoms with Crippen molar-refractivity contribution in [3.63, 3.8) is 0 Å². The molecule has 0 saturated heterocycles. The van der Waals surface area contributed by atoms with E-state index in [1.807, 2.05) is 0 Å². The van der Waals surface area contributed by atoms with E-state index in [1.54, 1.807) is 6.92 Å². The Morgan fingerprint density at radius 3 is 1.77 bits per heavy atom. The van der Waals surface area contributed by atoms with Crippen LogP contribution >= 0.6 is 0 Å². The van der Waals surface area contributed by atoms with Crippen LogP contribution in [0, 0.1) is 17.8 Å². The van der Waals surface area contributed by atoms with Gasteiger partial charge in [0.15, 0.2) is 0 Å². The topological polar surface area (TPSA) is 26.3 Å². The van der Waals surface area contributed by atoms with Crippen LogP contribution in [-0.4, -0.2) is 12.6 Å². The number of hydrogen-bond donors (Lipinski definition) is 0. The molecule has 0 aromatic heterocycles. The quantitative estimate of drug-likeness (QED) is 0.150. The predicted octanol–water partition coefficient (Wildman–Crippen LogP) is 7.72. The number of rotatable bonds is 17. The number of ether oxygens (including phenoxy) is 1.